The molecule has 0 aliphatic heterocycles. The highest BCUT2D eigenvalue weighted by Crippen LogP contribution is 2.20. The van der Waals surface area contributed by atoms with Crippen LogP contribution in [0.25, 0.3) is 0 Å². The molecule has 7 heteroatoms. The Morgan fingerprint density at radius 2 is 2.17 bits per heavy atom. The van der Waals surface area contributed by atoms with Crippen LogP contribution in [0.5, 0.6) is 0 Å². The number of hydrogen-bond acceptors (Lipinski definition) is 4. The summed E-state index contributed by atoms with van der Waals surface area (Å²) in [6.45, 7) is 0.282. The Morgan fingerprint density at radius 3 is 2.78 bits per heavy atom. The highest BCUT2D eigenvalue weighted by atomic mass is 32.1. The van der Waals surface area contributed by atoms with Gasteiger partial charge in [0.15, 0.2) is 0 Å². The molecule has 1 aromatic heterocycles. The summed E-state index contributed by atoms with van der Waals surface area (Å²) >= 11 is 1.41. The number of rotatable bonds is 4. The summed E-state index contributed by atoms with van der Waals surface area (Å²) in [5, 5.41) is 4.53. The van der Waals surface area contributed by atoms with Crippen molar-refractivity contribution in [3.63, 3.8) is 0 Å². The first-order chi connectivity index (χ1) is 8.58. The first kappa shape index (κ1) is 12.4. The van der Waals surface area contributed by atoms with Crippen LogP contribution in [0.15, 0.2) is 23.0 Å². The van der Waals surface area contributed by atoms with Crippen molar-refractivity contribution in [1.82, 2.24) is 4.98 Å². The Hall–Kier alpha value is -2.02. The first-order valence-corrected chi connectivity index (χ1v) is 5.92. The number of aromatic nitrogens is 1. The molecule has 3 N–H and O–H groups in total. The minimum Gasteiger partial charge on any atom is -0.377 e. The molecule has 0 saturated heterocycles. The van der Waals surface area contributed by atoms with Crippen LogP contribution in [0.4, 0.5) is 14.5 Å². The molecule has 0 spiro atoms. The molecule has 1 aromatic carbocycles. The fourth-order valence-corrected chi connectivity index (χ4v) is 1.94. The van der Waals surface area contributed by atoms with Gasteiger partial charge in [-0.2, -0.15) is 0 Å². The van der Waals surface area contributed by atoms with Crippen LogP contribution in [-0.2, 0) is 6.54 Å². The summed E-state index contributed by atoms with van der Waals surface area (Å²) in [4.78, 5) is 14.9. The van der Waals surface area contributed by atoms with Gasteiger partial charge in [0, 0.05) is 11.4 Å². The molecule has 0 atom stereocenters. The van der Waals surface area contributed by atoms with E-state index in [1.807, 2.05) is 0 Å². The summed E-state index contributed by atoms with van der Waals surface area (Å²) in [6.07, 6.45) is 0. The molecular formula is C11H9F2N3OS. The van der Waals surface area contributed by atoms with E-state index in [0.29, 0.717) is 6.07 Å². The predicted octanol–water partition coefficient (Wildman–Crippen LogP) is 2.13. The van der Waals surface area contributed by atoms with Crippen molar-refractivity contribution >= 4 is 22.9 Å². The van der Waals surface area contributed by atoms with Gasteiger partial charge in [-0.15, -0.1) is 11.3 Å². The third-order valence-corrected chi connectivity index (χ3v) is 2.90. The number of nitrogens with zero attached hydrogens (tertiary/aromatic N) is 1. The topological polar surface area (TPSA) is 68.0 Å². The van der Waals surface area contributed by atoms with Crippen LogP contribution < -0.4 is 11.1 Å². The Morgan fingerprint density at radius 1 is 1.39 bits per heavy atom. The number of hydrogen-bond donors (Lipinski definition) is 2. The molecule has 0 bridgehead atoms. The highest BCUT2D eigenvalue weighted by molar-refractivity contribution is 7.07. The van der Waals surface area contributed by atoms with Gasteiger partial charge in [0.25, 0.3) is 5.91 Å². The second-order valence-corrected chi connectivity index (χ2v) is 4.23. The lowest BCUT2D eigenvalue weighted by Gasteiger charge is -2.08. The van der Waals surface area contributed by atoms with E-state index in [-0.39, 0.29) is 17.8 Å². The quantitative estimate of drug-likeness (QED) is 0.893. The van der Waals surface area contributed by atoms with Gasteiger partial charge in [-0.1, -0.05) is 0 Å². The molecule has 18 heavy (non-hydrogen) atoms. The number of carbonyl (C=O) groups is 1. The third kappa shape index (κ3) is 2.62. The lowest BCUT2D eigenvalue weighted by atomic mass is 10.1. The van der Waals surface area contributed by atoms with Crippen molar-refractivity contribution < 1.29 is 13.6 Å². The van der Waals surface area contributed by atoms with Crippen LogP contribution in [0.1, 0.15) is 16.1 Å². The average molecular weight is 269 g/mol. The molecule has 0 radical (unpaired) electrons. The number of nitrogens with one attached hydrogen (secondary N) is 1. The summed E-state index contributed by atoms with van der Waals surface area (Å²) < 4.78 is 26.7. The van der Waals surface area contributed by atoms with Crippen LogP contribution in [-0.4, -0.2) is 10.9 Å². The number of primary amides is 1. The van der Waals surface area contributed by atoms with Crippen LogP contribution in [0.2, 0.25) is 0 Å². The van der Waals surface area contributed by atoms with Crippen molar-refractivity contribution in [3.8, 4) is 0 Å². The zero-order valence-electron chi connectivity index (χ0n) is 9.11. The monoisotopic (exact) mass is 269 g/mol. The molecule has 94 valence electrons. The number of anilines is 1. The fraction of sp³-hybridized carbons (Fsp3) is 0.0909. The first-order valence-electron chi connectivity index (χ1n) is 4.97. The maximum absolute atomic E-state index is 13.5. The van der Waals surface area contributed by atoms with Gasteiger partial charge in [0.2, 0.25) is 0 Å². The lowest BCUT2D eigenvalue weighted by molar-refractivity contribution is 0.0996. The molecule has 0 saturated carbocycles. The molecular weight excluding hydrogens is 260 g/mol. The number of benzene rings is 1. The van der Waals surface area contributed by atoms with Gasteiger partial charge in [0.05, 0.1) is 29.0 Å². The van der Waals surface area contributed by atoms with Crippen LogP contribution in [0, 0.1) is 11.6 Å². The average Bonchev–Trinajstić information content (AvgIpc) is 2.80. The number of amides is 1. The maximum Gasteiger partial charge on any atom is 0.251 e. The Bertz CT molecular complexity index is 572. The maximum atomic E-state index is 13.5. The van der Waals surface area contributed by atoms with Gasteiger partial charge in [-0.3, -0.25) is 4.79 Å². The molecule has 0 unspecified atom stereocenters. The van der Waals surface area contributed by atoms with E-state index in [9.17, 15) is 13.6 Å². The predicted molar refractivity (Wildman–Crippen MR) is 64.3 cm³/mol. The molecule has 0 aliphatic rings. The van der Waals surface area contributed by atoms with Crippen molar-refractivity contribution in [3.05, 3.63) is 45.9 Å². The van der Waals surface area contributed by atoms with Crippen molar-refractivity contribution in [2.24, 2.45) is 5.73 Å². The van der Waals surface area contributed by atoms with E-state index in [1.54, 1.807) is 10.9 Å². The lowest BCUT2D eigenvalue weighted by Crippen LogP contribution is -2.14. The molecule has 0 aliphatic carbocycles. The van der Waals surface area contributed by atoms with Gasteiger partial charge < -0.3 is 11.1 Å². The van der Waals surface area contributed by atoms with Gasteiger partial charge in [-0.05, 0) is 6.07 Å². The van der Waals surface area contributed by atoms with E-state index in [4.69, 9.17) is 5.73 Å². The smallest absolute Gasteiger partial charge is 0.251 e. The molecule has 1 amide bonds. The number of nitrogens with two attached hydrogens (primary N) is 1. The Labute approximate surface area is 105 Å². The number of halogens is 2. The normalized spacial score (nSPS) is 10.3. The zero-order chi connectivity index (χ0) is 13.1. The number of carbonyl (C=O) groups excluding carboxylic acids is 1. The minimum absolute atomic E-state index is 0.0122. The van der Waals surface area contributed by atoms with E-state index in [0.717, 1.165) is 11.8 Å². The van der Waals surface area contributed by atoms with Crippen molar-refractivity contribution in [1.29, 1.82) is 0 Å². The molecule has 4 nitrogen and oxygen atoms in total. The summed E-state index contributed by atoms with van der Waals surface area (Å²) in [6, 6.07) is 1.68. The summed E-state index contributed by atoms with van der Waals surface area (Å²) in [5.74, 6) is -2.70. The third-order valence-electron chi connectivity index (χ3n) is 2.27. The van der Waals surface area contributed by atoms with E-state index >= 15 is 0 Å². The molecule has 1 heterocycles. The largest absolute Gasteiger partial charge is 0.377 e. The minimum atomic E-state index is -0.973. The number of thiazole rings is 1. The Kier molecular flexibility index (Phi) is 3.52. The van der Waals surface area contributed by atoms with Crippen molar-refractivity contribution in [2.45, 2.75) is 6.54 Å². The van der Waals surface area contributed by atoms with Crippen LogP contribution in [0.3, 0.4) is 0 Å². The van der Waals surface area contributed by atoms with Crippen molar-refractivity contribution in [2.75, 3.05) is 5.32 Å². The zero-order valence-corrected chi connectivity index (χ0v) is 9.93. The van der Waals surface area contributed by atoms with E-state index < -0.39 is 17.5 Å². The van der Waals surface area contributed by atoms with Crippen LogP contribution >= 0.6 is 11.3 Å². The SMILES string of the molecule is NC(=O)c1cc(NCc2cscn2)c(F)cc1F. The molecule has 2 aromatic rings. The summed E-state index contributed by atoms with van der Waals surface area (Å²) in [7, 11) is 0. The van der Waals surface area contributed by atoms with Gasteiger partial charge in [0.1, 0.15) is 11.6 Å². The van der Waals surface area contributed by atoms with Gasteiger partial charge in [-0.25, -0.2) is 13.8 Å². The second-order valence-electron chi connectivity index (χ2n) is 3.51. The Balaban J connectivity index is 2.22. The molecule has 2 rings (SSSR count). The standard InChI is InChI=1S/C11H9F2N3OS/c12-8-2-9(13)10(1-7(8)11(14)17)15-3-6-4-18-5-16-6/h1-2,4-5,15H,3H2,(H2,14,17). The van der Waals surface area contributed by atoms with E-state index in [2.05, 4.69) is 10.3 Å². The summed E-state index contributed by atoms with van der Waals surface area (Å²) in [5.41, 5.74) is 7.02. The fourth-order valence-electron chi connectivity index (χ4n) is 1.38. The second kappa shape index (κ2) is 5.09. The molecule has 0 fully saturated rings. The highest BCUT2D eigenvalue weighted by Gasteiger charge is 2.13. The van der Waals surface area contributed by atoms with E-state index in [1.165, 1.54) is 11.3 Å². The van der Waals surface area contributed by atoms with Gasteiger partial charge >= 0.3 is 0 Å².